The predicted octanol–water partition coefficient (Wildman–Crippen LogP) is 7.16. The summed E-state index contributed by atoms with van der Waals surface area (Å²) in [7, 11) is 0. The highest BCUT2D eigenvalue weighted by Crippen LogP contribution is 2.37. The van der Waals surface area contributed by atoms with Crippen molar-refractivity contribution in [3.05, 3.63) is 94.4 Å². The van der Waals surface area contributed by atoms with Crippen LogP contribution in [0.15, 0.2) is 48.5 Å². The summed E-state index contributed by atoms with van der Waals surface area (Å²) in [5.74, 6) is -0.260. The second kappa shape index (κ2) is 9.58. The van der Waals surface area contributed by atoms with Gasteiger partial charge in [0.15, 0.2) is 0 Å². The minimum atomic E-state index is -0.910. The highest BCUT2D eigenvalue weighted by Gasteiger charge is 2.26. The third-order valence-corrected chi connectivity index (χ3v) is 5.42. The van der Waals surface area contributed by atoms with Crippen LogP contribution in [-0.2, 0) is 0 Å². The zero-order chi connectivity index (χ0) is 23.6. The first-order chi connectivity index (χ1) is 15.1. The molecule has 9 nitrogen and oxygen atoms in total. The van der Waals surface area contributed by atoms with Crippen molar-refractivity contribution < 1.29 is 19.4 Å². The maximum atomic E-state index is 12.6. The zero-order valence-electron chi connectivity index (χ0n) is 15.5. The van der Waals surface area contributed by atoms with Crippen LogP contribution in [0.3, 0.4) is 0 Å². The number of nitro groups is 2. The average Bonchev–Trinajstić information content (AvgIpc) is 2.73. The van der Waals surface area contributed by atoms with Crippen molar-refractivity contribution >= 4 is 69.4 Å². The number of hydrogen-bond acceptors (Lipinski definition) is 6. The lowest BCUT2D eigenvalue weighted by molar-refractivity contribution is -0.394. The molecule has 3 rings (SSSR count). The third-order valence-electron chi connectivity index (χ3n) is 4.01. The largest absolute Gasteiger partial charge is 0.456 e. The zero-order valence-corrected chi connectivity index (χ0v) is 18.5. The molecule has 3 aromatic carbocycles. The van der Waals surface area contributed by atoms with Crippen LogP contribution in [0.1, 0.15) is 10.4 Å². The fraction of sp³-hybridized carbons (Fsp3) is 0. The number of ether oxygens (including phenoxy) is 1. The maximum Gasteiger partial charge on any atom is 0.295 e. The lowest BCUT2D eigenvalue weighted by Crippen LogP contribution is -2.13. The van der Waals surface area contributed by atoms with Gasteiger partial charge < -0.3 is 10.1 Å². The highest BCUT2D eigenvalue weighted by atomic mass is 35.5. The maximum absolute atomic E-state index is 12.6. The van der Waals surface area contributed by atoms with E-state index in [1.807, 2.05) is 0 Å². The van der Waals surface area contributed by atoms with Crippen molar-refractivity contribution in [3.63, 3.8) is 0 Å². The number of anilines is 1. The first kappa shape index (κ1) is 23.6. The molecule has 0 aliphatic carbocycles. The summed E-state index contributed by atoms with van der Waals surface area (Å²) in [4.78, 5) is 32.9. The van der Waals surface area contributed by atoms with Crippen molar-refractivity contribution in [2.24, 2.45) is 0 Å². The van der Waals surface area contributed by atoms with E-state index in [9.17, 15) is 25.0 Å². The molecule has 32 heavy (non-hydrogen) atoms. The summed E-state index contributed by atoms with van der Waals surface area (Å²) in [6, 6.07) is 10.4. The van der Waals surface area contributed by atoms with E-state index in [4.69, 9.17) is 51.1 Å². The molecule has 0 aliphatic heterocycles. The van der Waals surface area contributed by atoms with Crippen LogP contribution < -0.4 is 10.1 Å². The lowest BCUT2D eigenvalue weighted by atomic mass is 10.1. The Hall–Kier alpha value is -3.11. The number of nitro benzene ring substituents is 2. The van der Waals surface area contributed by atoms with Gasteiger partial charge in [-0.25, -0.2) is 0 Å². The standard InChI is InChI=1S/C19H9Cl4N3O6/c20-13-7-15(22)17(8-14(13)21)32-11-3-1-9(2-4-11)24-19(27)12-5-10(25(28)29)6-16(18(12)23)26(30)31/h1-8H,(H,24,27). The number of nitrogens with one attached hydrogen (secondary N) is 1. The van der Waals surface area contributed by atoms with Crippen molar-refractivity contribution in [2.75, 3.05) is 5.32 Å². The van der Waals surface area contributed by atoms with Crippen LogP contribution in [0, 0.1) is 20.2 Å². The number of carbonyl (C=O) groups excluding carboxylic acids is 1. The topological polar surface area (TPSA) is 125 Å². The van der Waals surface area contributed by atoms with Gasteiger partial charge in [0.25, 0.3) is 17.3 Å². The fourth-order valence-corrected chi connectivity index (χ4v) is 3.35. The Kier molecular flexibility index (Phi) is 7.05. The quantitative estimate of drug-likeness (QED) is 0.210. The Morgan fingerprint density at radius 3 is 2.06 bits per heavy atom. The highest BCUT2D eigenvalue weighted by molar-refractivity contribution is 6.43. The Morgan fingerprint density at radius 2 is 1.47 bits per heavy atom. The summed E-state index contributed by atoms with van der Waals surface area (Å²) in [5.41, 5.74) is -1.55. The summed E-state index contributed by atoms with van der Waals surface area (Å²) < 4.78 is 5.63. The van der Waals surface area contributed by atoms with Gasteiger partial charge in [-0.15, -0.1) is 0 Å². The predicted molar refractivity (Wildman–Crippen MR) is 121 cm³/mol. The van der Waals surface area contributed by atoms with E-state index in [0.29, 0.717) is 11.8 Å². The van der Waals surface area contributed by atoms with Crippen molar-refractivity contribution in [2.45, 2.75) is 0 Å². The van der Waals surface area contributed by atoms with Gasteiger partial charge in [0.1, 0.15) is 16.5 Å². The van der Waals surface area contributed by atoms with Gasteiger partial charge in [0, 0.05) is 17.8 Å². The number of benzene rings is 3. The van der Waals surface area contributed by atoms with E-state index in [2.05, 4.69) is 5.32 Å². The monoisotopic (exact) mass is 515 g/mol. The Balaban J connectivity index is 1.82. The van der Waals surface area contributed by atoms with Crippen LogP contribution >= 0.6 is 46.4 Å². The number of rotatable bonds is 6. The summed E-state index contributed by atoms with van der Waals surface area (Å²) >= 11 is 23.8. The van der Waals surface area contributed by atoms with Crippen LogP contribution in [0.2, 0.25) is 20.1 Å². The van der Waals surface area contributed by atoms with Crippen molar-refractivity contribution in [1.29, 1.82) is 0 Å². The van der Waals surface area contributed by atoms with Crippen LogP contribution in [0.5, 0.6) is 11.5 Å². The van der Waals surface area contributed by atoms with Gasteiger partial charge in [-0.2, -0.15) is 0 Å². The van der Waals surface area contributed by atoms with Crippen molar-refractivity contribution in [1.82, 2.24) is 0 Å². The van der Waals surface area contributed by atoms with E-state index in [-0.39, 0.29) is 26.5 Å². The minimum Gasteiger partial charge on any atom is -0.456 e. The molecule has 0 bridgehead atoms. The van der Waals surface area contributed by atoms with Crippen LogP contribution in [0.25, 0.3) is 0 Å². The van der Waals surface area contributed by atoms with E-state index < -0.39 is 37.7 Å². The number of non-ortho nitro benzene ring substituents is 1. The second-order valence-electron chi connectivity index (χ2n) is 6.12. The van der Waals surface area contributed by atoms with Gasteiger partial charge in [0.2, 0.25) is 0 Å². The molecule has 3 aromatic rings. The molecule has 1 amide bonds. The molecule has 0 aromatic heterocycles. The van der Waals surface area contributed by atoms with E-state index >= 15 is 0 Å². The normalized spacial score (nSPS) is 10.5. The molecule has 0 atom stereocenters. The molecule has 1 N–H and O–H groups in total. The number of halogens is 4. The summed E-state index contributed by atoms with van der Waals surface area (Å²) in [6.45, 7) is 0. The molecule has 0 spiro atoms. The summed E-state index contributed by atoms with van der Waals surface area (Å²) in [5, 5.41) is 24.8. The number of nitrogens with zero attached hydrogens (tertiary/aromatic N) is 2. The molecule has 0 aliphatic rings. The molecular weight excluding hydrogens is 508 g/mol. The molecule has 164 valence electrons. The fourth-order valence-electron chi connectivity index (χ4n) is 2.51. The molecule has 0 saturated heterocycles. The smallest absolute Gasteiger partial charge is 0.295 e. The molecule has 13 heteroatoms. The molecule has 0 unspecified atom stereocenters. The van der Waals surface area contributed by atoms with Crippen LogP contribution in [-0.4, -0.2) is 15.8 Å². The lowest BCUT2D eigenvalue weighted by Gasteiger charge is -2.11. The minimum absolute atomic E-state index is 0.235. The number of carbonyl (C=O) groups is 1. The Bertz CT molecular complexity index is 1250. The number of hydrogen-bond donors (Lipinski definition) is 1. The van der Waals surface area contributed by atoms with E-state index in [1.165, 1.54) is 36.4 Å². The Labute approximate surface area is 199 Å². The number of amides is 1. The third kappa shape index (κ3) is 5.20. The average molecular weight is 517 g/mol. The molecule has 0 saturated carbocycles. The van der Waals surface area contributed by atoms with Gasteiger partial charge in [0.05, 0.1) is 36.5 Å². The SMILES string of the molecule is O=C(Nc1ccc(Oc2cc(Cl)c(Cl)cc2Cl)cc1)c1cc([N+](=O)[O-])cc([N+](=O)[O-])c1Cl. The molecule has 0 radical (unpaired) electrons. The van der Waals surface area contributed by atoms with Crippen molar-refractivity contribution in [3.8, 4) is 11.5 Å². The van der Waals surface area contributed by atoms with Gasteiger partial charge >= 0.3 is 0 Å². The summed E-state index contributed by atoms with van der Waals surface area (Å²) in [6.07, 6.45) is 0. The first-order valence-corrected chi connectivity index (χ1v) is 9.94. The molecular formula is C19H9Cl4N3O6. The molecule has 0 heterocycles. The Morgan fingerprint density at radius 1 is 0.844 bits per heavy atom. The van der Waals surface area contributed by atoms with E-state index in [1.54, 1.807) is 0 Å². The van der Waals surface area contributed by atoms with Gasteiger partial charge in [-0.3, -0.25) is 25.0 Å². The van der Waals surface area contributed by atoms with Gasteiger partial charge in [-0.1, -0.05) is 46.4 Å². The van der Waals surface area contributed by atoms with Gasteiger partial charge in [-0.05, 0) is 30.3 Å². The van der Waals surface area contributed by atoms with Crippen LogP contribution in [0.4, 0.5) is 17.1 Å². The van der Waals surface area contributed by atoms with E-state index in [0.717, 1.165) is 6.07 Å². The second-order valence-corrected chi connectivity index (χ2v) is 7.72. The molecule has 0 fully saturated rings. The first-order valence-electron chi connectivity index (χ1n) is 8.43.